The van der Waals surface area contributed by atoms with Gasteiger partial charge in [0.2, 0.25) is 0 Å². The Kier molecular flexibility index (Phi) is 5.25. The van der Waals surface area contributed by atoms with Crippen LogP contribution < -0.4 is 10.5 Å². The first-order valence-electron chi connectivity index (χ1n) is 5.38. The fraction of sp³-hybridized carbons (Fsp3) is 0.417. The lowest BCUT2D eigenvalue weighted by molar-refractivity contribution is -0.145. The number of hydrogen-bond acceptors (Lipinski definition) is 4. The number of nitrogens with two attached hydrogens (primary N) is 1. The summed E-state index contributed by atoms with van der Waals surface area (Å²) in [6, 6.07) is 5.15. The van der Waals surface area contributed by atoms with Gasteiger partial charge in [0.05, 0.1) is 11.6 Å². The van der Waals surface area contributed by atoms with Gasteiger partial charge in [-0.2, -0.15) is 0 Å². The van der Waals surface area contributed by atoms with E-state index in [-0.39, 0.29) is 12.6 Å². The summed E-state index contributed by atoms with van der Waals surface area (Å²) in [4.78, 5) is 11.1. The Morgan fingerprint density at radius 2 is 2.24 bits per heavy atom. The van der Waals surface area contributed by atoms with Crippen molar-refractivity contribution in [2.24, 2.45) is 5.73 Å². The Morgan fingerprint density at radius 1 is 1.53 bits per heavy atom. The third-order valence-corrected chi connectivity index (χ3v) is 2.43. The molecule has 0 saturated carbocycles. The molecule has 0 bridgehead atoms. The zero-order valence-electron chi connectivity index (χ0n) is 9.90. The lowest BCUT2D eigenvalue weighted by atomic mass is 10.1. The Morgan fingerprint density at radius 3 is 2.76 bits per heavy atom. The van der Waals surface area contributed by atoms with Crippen molar-refractivity contribution in [3.05, 3.63) is 28.8 Å². The number of benzene rings is 1. The molecular formula is C12H16ClNO3. The fourth-order valence-corrected chi connectivity index (χ4v) is 1.50. The van der Waals surface area contributed by atoms with Crippen LogP contribution in [0.1, 0.15) is 25.5 Å². The van der Waals surface area contributed by atoms with Crippen LogP contribution in [-0.2, 0) is 9.53 Å². The summed E-state index contributed by atoms with van der Waals surface area (Å²) in [7, 11) is 0. The van der Waals surface area contributed by atoms with Gasteiger partial charge in [0.15, 0.2) is 6.61 Å². The van der Waals surface area contributed by atoms with Gasteiger partial charge in [-0.1, -0.05) is 17.7 Å². The molecule has 1 rings (SSSR count). The van der Waals surface area contributed by atoms with E-state index < -0.39 is 5.97 Å². The number of carbonyl (C=O) groups is 1. The van der Waals surface area contributed by atoms with Gasteiger partial charge in [0.25, 0.3) is 0 Å². The van der Waals surface area contributed by atoms with E-state index in [1.54, 1.807) is 19.1 Å². The normalized spacial score (nSPS) is 12.0. The summed E-state index contributed by atoms with van der Waals surface area (Å²) in [5.74, 6) is 0.0314. The second kappa shape index (κ2) is 6.47. The molecule has 0 aliphatic rings. The molecule has 94 valence electrons. The molecule has 0 fully saturated rings. The van der Waals surface area contributed by atoms with Gasteiger partial charge in [-0.25, -0.2) is 4.79 Å². The molecule has 17 heavy (non-hydrogen) atoms. The molecule has 0 unspecified atom stereocenters. The van der Waals surface area contributed by atoms with E-state index in [0.717, 1.165) is 5.56 Å². The van der Waals surface area contributed by atoms with Crippen LogP contribution in [0.2, 0.25) is 5.02 Å². The minimum Gasteiger partial charge on any atom is -0.480 e. The molecule has 0 heterocycles. The van der Waals surface area contributed by atoms with Crippen molar-refractivity contribution in [1.29, 1.82) is 0 Å². The maximum atomic E-state index is 11.1. The number of esters is 1. The highest BCUT2D eigenvalue weighted by Gasteiger charge is 2.08. The van der Waals surface area contributed by atoms with Crippen LogP contribution in [0.4, 0.5) is 0 Å². The van der Waals surface area contributed by atoms with Crippen LogP contribution in [0, 0.1) is 0 Å². The second-order valence-electron chi connectivity index (χ2n) is 3.57. The van der Waals surface area contributed by atoms with Crippen molar-refractivity contribution in [3.8, 4) is 5.75 Å². The molecule has 2 N–H and O–H groups in total. The molecule has 5 heteroatoms. The minimum absolute atomic E-state index is 0.0911. The molecule has 4 nitrogen and oxygen atoms in total. The van der Waals surface area contributed by atoms with Gasteiger partial charge in [-0.3, -0.25) is 0 Å². The van der Waals surface area contributed by atoms with Gasteiger partial charge in [0.1, 0.15) is 5.75 Å². The molecule has 1 aromatic carbocycles. The van der Waals surface area contributed by atoms with Crippen molar-refractivity contribution in [2.75, 3.05) is 13.2 Å². The van der Waals surface area contributed by atoms with Crippen LogP contribution in [-0.4, -0.2) is 19.2 Å². The smallest absolute Gasteiger partial charge is 0.344 e. The number of rotatable bonds is 5. The average molecular weight is 258 g/mol. The molecule has 1 aromatic rings. The summed E-state index contributed by atoms with van der Waals surface area (Å²) in [6.45, 7) is 3.79. The standard InChI is InChI=1S/C12H16ClNO3/c1-3-16-12(15)7-17-11-5-4-9(8(2)14)6-10(11)13/h4-6,8H,3,7,14H2,1-2H3/t8-/m1/s1. The zero-order chi connectivity index (χ0) is 12.8. The van der Waals surface area contributed by atoms with Gasteiger partial charge in [-0.05, 0) is 31.5 Å². The summed E-state index contributed by atoms with van der Waals surface area (Å²) in [5.41, 5.74) is 6.64. The third-order valence-electron chi connectivity index (χ3n) is 2.13. The van der Waals surface area contributed by atoms with Gasteiger partial charge >= 0.3 is 5.97 Å². The summed E-state index contributed by atoms with van der Waals surface area (Å²) in [6.07, 6.45) is 0. The Labute approximate surface area is 106 Å². The highest BCUT2D eigenvalue weighted by molar-refractivity contribution is 6.32. The number of carbonyl (C=O) groups excluding carboxylic acids is 1. The van der Waals surface area contributed by atoms with Gasteiger partial charge < -0.3 is 15.2 Å². The molecule has 0 amide bonds. The Bertz CT molecular complexity index is 393. The first kappa shape index (κ1) is 13.8. The summed E-state index contributed by atoms with van der Waals surface area (Å²) in [5, 5.41) is 0.434. The Balaban J connectivity index is 2.63. The largest absolute Gasteiger partial charge is 0.480 e. The van der Waals surface area contributed by atoms with E-state index in [1.807, 2.05) is 13.0 Å². The maximum Gasteiger partial charge on any atom is 0.344 e. The minimum atomic E-state index is -0.417. The van der Waals surface area contributed by atoms with E-state index in [0.29, 0.717) is 17.4 Å². The quantitative estimate of drug-likeness (QED) is 0.823. The third kappa shape index (κ3) is 4.24. The predicted molar refractivity (Wildman–Crippen MR) is 66.2 cm³/mol. The van der Waals surface area contributed by atoms with E-state index >= 15 is 0 Å². The highest BCUT2D eigenvalue weighted by Crippen LogP contribution is 2.27. The number of halogens is 1. The average Bonchev–Trinajstić information content (AvgIpc) is 2.27. The van der Waals surface area contributed by atoms with Crippen LogP contribution in [0.25, 0.3) is 0 Å². The van der Waals surface area contributed by atoms with Crippen LogP contribution >= 0.6 is 11.6 Å². The predicted octanol–water partition coefficient (Wildman–Crippen LogP) is 2.30. The van der Waals surface area contributed by atoms with E-state index in [4.69, 9.17) is 26.8 Å². The highest BCUT2D eigenvalue weighted by atomic mass is 35.5. The SMILES string of the molecule is CCOC(=O)COc1ccc([C@@H](C)N)cc1Cl. The molecule has 1 atom stereocenters. The van der Waals surface area contributed by atoms with E-state index in [9.17, 15) is 4.79 Å². The summed E-state index contributed by atoms with van der Waals surface area (Å²) >= 11 is 6.00. The second-order valence-corrected chi connectivity index (χ2v) is 3.98. The van der Waals surface area contributed by atoms with E-state index in [2.05, 4.69) is 0 Å². The topological polar surface area (TPSA) is 61.5 Å². The molecular weight excluding hydrogens is 242 g/mol. The van der Waals surface area contributed by atoms with Crippen molar-refractivity contribution < 1.29 is 14.3 Å². The molecule has 0 aliphatic carbocycles. The van der Waals surface area contributed by atoms with E-state index in [1.165, 1.54) is 0 Å². The van der Waals surface area contributed by atoms with Crippen molar-refractivity contribution >= 4 is 17.6 Å². The Hall–Kier alpha value is -1.26. The first-order chi connectivity index (χ1) is 8.04. The fourth-order valence-electron chi connectivity index (χ4n) is 1.26. The zero-order valence-corrected chi connectivity index (χ0v) is 10.7. The lowest BCUT2D eigenvalue weighted by Crippen LogP contribution is -2.14. The van der Waals surface area contributed by atoms with Crippen molar-refractivity contribution in [2.45, 2.75) is 19.9 Å². The molecule has 0 radical (unpaired) electrons. The first-order valence-corrected chi connectivity index (χ1v) is 5.75. The lowest BCUT2D eigenvalue weighted by Gasteiger charge is -2.10. The molecule has 0 spiro atoms. The van der Waals surface area contributed by atoms with Crippen LogP contribution in [0.15, 0.2) is 18.2 Å². The van der Waals surface area contributed by atoms with Gasteiger partial charge in [-0.15, -0.1) is 0 Å². The maximum absolute atomic E-state index is 11.1. The number of ether oxygens (including phenoxy) is 2. The molecule has 0 aliphatic heterocycles. The monoisotopic (exact) mass is 257 g/mol. The van der Waals surface area contributed by atoms with Gasteiger partial charge in [0, 0.05) is 6.04 Å². The molecule has 0 saturated heterocycles. The molecule has 0 aromatic heterocycles. The number of hydrogen-bond donors (Lipinski definition) is 1. The van der Waals surface area contributed by atoms with Crippen molar-refractivity contribution in [3.63, 3.8) is 0 Å². The van der Waals surface area contributed by atoms with Crippen molar-refractivity contribution in [1.82, 2.24) is 0 Å². The summed E-state index contributed by atoms with van der Waals surface area (Å²) < 4.78 is 9.98. The van der Waals surface area contributed by atoms with Crippen LogP contribution in [0.5, 0.6) is 5.75 Å². The van der Waals surface area contributed by atoms with Crippen LogP contribution in [0.3, 0.4) is 0 Å².